The van der Waals surface area contributed by atoms with Crippen LogP contribution in [-0.2, 0) is 4.79 Å². The van der Waals surface area contributed by atoms with Gasteiger partial charge in [-0.05, 0) is 24.3 Å². The van der Waals surface area contributed by atoms with Crippen molar-refractivity contribution in [3.63, 3.8) is 0 Å². The van der Waals surface area contributed by atoms with Crippen LogP contribution in [0.3, 0.4) is 0 Å². The van der Waals surface area contributed by atoms with Crippen molar-refractivity contribution in [1.29, 1.82) is 0 Å². The van der Waals surface area contributed by atoms with Gasteiger partial charge in [-0.15, -0.1) is 0 Å². The van der Waals surface area contributed by atoms with Crippen LogP contribution in [0.2, 0.25) is 0 Å². The minimum atomic E-state index is -0.0154. The molecule has 2 aromatic rings. The van der Waals surface area contributed by atoms with Gasteiger partial charge in [-0.1, -0.05) is 12.1 Å². The van der Waals surface area contributed by atoms with Crippen LogP contribution in [0.25, 0.3) is 11.3 Å². The smallest absolute Gasteiger partial charge is 0.187 e. The van der Waals surface area contributed by atoms with Gasteiger partial charge in [0.2, 0.25) is 0 Å². The molecule has 2 aromatic heterocycles. The van der Waals surface area contributed by atoms with E-state index in [0.717, 1.165) is 11.3 Å². The molecular formula is C15H11N3O. The molecular weight excluding hydrogens is 238 g/mol. The summed E-state index contributed by atoms with van der Waals surface area (Å²) in [6, 6.07) is 9.38. The first-order valence-electron chi connectivity index (χ1n) is 5.99. The van der Waals surface area contributed by atoms with Gasteiger partial charge in [-0.3, -0.25) is 19.8 Å². The van der Waals surface area contributed by atoms with E-state index in [0.29, 0.717) is 17.8 Å². The van der Waals surface area contributed by atoms with Crippen molar-refractivity contribution in [2.75, 3.05) is 0 Å². The van der Waals surface area contributed by atoms with Crippen molar-refractivity contribution in [3.8, 4) is 11.3 Å². The Balaban J connectivity index is 2.16. The number of ketones is 1. The van der Waals surface area contributed by atoms with Crippen molar-refractivity contribution >= 4 is 11.5 Å². The second-order valence-corrected chi connectivity index (χ2v) is 4.10. The maximum atomic E-state index is 11.9. The predicted octanol–water partition coefficient (Wildman–Crippen LogP) is 2.42. The van der Waals surface area contributed by atoms with Crippen LogP contribution in [0.5, 0.6) is 0 Å². The fraction of sp³-hybridized carbons (Fsp3) is 0.0667. The summed E-state index contributed by atoms with van der Waals surface area (Å²) >= 11 is 0. The summed E-state index contributed by atoms with van der Waals surface area (Å²) in [5.74, 6) is -0.0154. The first-order chi connectivity index (χ1) is 9.36. The molecule has 0 bridgehead atoms. The number of nitrogens with zero attached hydrogens (tertiary/aromatic N) is 3. The Bertz CT molecular complexity index is 675. The fourth-order valence-electron chi connectivity index (χ4n) is 1.97. The molecule has 1 aliphatic heterocycles. The van der Waals surface area contributed by atoms with Crippen LogP contribution in [0.4, 0.5) is 0 Å². The van der Waals surface area contributed by atoms with Gasteiger partial charge in [-0.2, -0.15) is 0 Å². The Morgan fingerprint density at radius 1 is 1.00 bits per heavy atom. The second kappa shape index (κ2) is 4.94. The SMILES string of the molecule is O=C1CC=CN=C1c1ncccc1-c1ccccn1. The van der Waals surface area contributed by atoms with Crippen molar-refractivity contribution < 1.29 is 4.79 Å². The Labute approximate surface area is 110 Å². The van der Waals surface area contributed by atoms with Gasteiger partial charge in [0.25, 0.3) is 0 Å². The molecule has 0 aromatic carbocycles. The molecule has 0 saturated carbocycles. The van der Waals surface area contributed by atoms with E-state index >= 15 is 0 Å². The van der Waals surface area contributed by atoms with E-state index in [2.05, 4.69) is 15.0 Å². The topological polar surface area (TPSA) is 55.2 Å². The van der Waals surface area contributed by atoms with Gasteiger partial charge < -0.3 is 0 Å². The monoisotopic (exact) mass is 249 g/mol. The predicted molar refractivity (Wildman–Crippen MR) is 72.8 cm³/mol. The maximum absolute atomic E-state index is 11.9. The van der Waals surface area contributed by atoms with Crippen molar-refractivity contribution in [1.82, 2.24) is 9.97 Å². The highest BCUT2D eigenvalue weighted by Gasteiger charge is 2.20. The Morgan fingerprint density at radius 3 is 2.68 bits per heavy atom. The molecule has 0 amide bonds. The van der Waals surface area contributed by atoms with Gasteiger partial charge in [0.1, 0.15) is 11.4 Å². The van der Waals surface area contributed by atoms with E-state index < -0.39 is 0 Å². The number of aliphatic imine (C=N–C) groups is 1. The molecule has 3 heterocycles. The number of Topliss-reactive ketones (excluding diaryl/α,β-unsaturated/α-hetero) is 1. The summed E-state index contributed by atoms with van der Waals surface area (Å²) in [5, 5.41) is 0. The molecule has 4 nitrogen and oxygen atoms in total. The molecule has 3 rings (SSSR count). The quantitative estimate of drug-likeness (QED) is 0.821. The van der Waals surface area contributed by atoms with Gasteiger partial charge in [0, 0.05) is 30.6 Å². The fourth-order valence-corrected chi connectivity index (χ4v) is 1.97. The average Bonchev–Trinajstić information content (AvgIpc) is 2.49. The maximum Gasteiger partial charge on any atom is 0.187 e. The second-order valence-electron chi connectivity index (χ2n) is 4.10. The Kier molecular flexibility index (Phi) is 2.98. The number of rotatable bonds is 2. The van der Waals surface area contributed by atoms with Crippen LogP contribution in [0, 0.1) is 0 Å². The minimum Gasteiger partial charge on any atom is -0.292 e. The van der Waals surface area contributed by atoms with Crippen molar-refractivity contribution in [2.24, 2.45) is 4.99 Å². The molecule has 0 spiro atoms. The normalized spacial score (nSPS) is 14.3. The van der Waals surface area contributed by atoms with Crippen molar-refractivity contribution in [2.45, 2.75) is 6.42 Å². The van der Waals surface area contributed by atoms with Crippen LogP contribution < -0.4 is 0 Å². The van der Waals surface area contributed by atoms with Gasteiger partial charge in [-0.25, -0.2) is 0 Å². The molecule has 92 valence electrons. The molecule has 19 heavy (non-hydrogen) atoms. The molecule has 0 atom stereocenters. The highest BCUT2D eigenvalue weighted by atomic mass is 16.1. The van der Waals surface area contributed by atoms with E-state index in [1.807, 2.05) is 30.3 Å². The van der Waals surface area contributed by atoms with Crippen molar-refractivity contribution in [3.05, 3.63) is 60.7 Å². The zero-order valence-electron chi connectivity index (χ0n) is 10.2. The van der Waals surface area contributed by atoms with E-state index in [4.69, 9.17) is 0 Å². The zero-order valence-corrected chi connectivity index (χ0v) is 10.2. The third-order valence-corrected chi connectivity index (χ3v) is 2.85. The van der Waals surface area contributed by atoms with Crippen LogP contribution >= 0.6 is 0 Å². The molecule has 0 fully saturated rings. The lowest BCUT2D eigenvalue weighted by molar-refractivity contribution is -0.112. The molecule has 0 unspecified atom stereocenters. The summed E-state index contributed by atoms with van der Waals surface area (Å²) in [6.07, 6.45) is 7.15. The average molecular weight is 249 g/mol. The first-order valence-corrected chi connectivity index (χ1v) is 5.99. The molecule has 0 N–H and O–H groups in total. The Morgan fingerprint density at radius 2 is 1.89 bits per heavy atom. The molecule has 0 aliphatic carbocycles. The zero-order chi connectivity index (χ0) is 13.1. The van der Waals surface area contributed by atoms with E-state index in [-0.39, 0.29) is 5.78 Å². The summed E-state index contributed by atoms with van der Waals surface area (Å²) in [7, 11) is 0. The number of carbonyl (C=O) groups is 1. The molecule has 0 radical (unpaired) electrons. The Hall–Kier alpha value is -2.62. The standard InChI is InChI=1S/C15H11N3O/c19-13-7-4-10-18-15(13)14-11(5-3-9-17-14)12-6-1-2-8-16-12/h1-6,8-10H,7H2. The summed E-state index contributed by atoms with van der Waals surface area (Å²) in [4.78, 5) is 24.7. The lowest BCUT2D eigenvalue weighted by atomic mass is 10.0. The lowest BCUT2D eigenvalue weighted by Crippen LogP contribution is -2.19. The highest BCUT2D eigenvalue weighted by Crippen LogP contribution is 2.21. The van der Waals surface area contributed by atoms with Gasteiger partial charge in [0.05, 0.1) is 5.69 Å². The third-order valence-electron chi connectivity index (χ3n) is 2.85. The lowest BCUT2D eigenvalue weighted by Gasteiger charge is -2.10. The minimum absolute atomic E-state index is 0.0154. The number of aromatic nitrogens is 2. The van der Waals surface area contributed by atoms with Crippen LogP contribution in [-0.4, -0.2) is 21.5 Å². The van der Waals surface area contributed by atoms with Gasteiger partial charge >= 0.3 is 0 Å². The molecule has 0 saturated heterocycles. The largest absolute Gasteiger partial charge is 0.292 e. The summed E-state index contributed by atoms with van der Waals surface area (Å²) in [5.41, 5.74) is 2.61. The summed E-state index contributed by atoms with van der Waals surface area (Å²) in [6.45, 7) is 0. The number of hydrogen-bond acceptors (Lipinski definition) is 4. The number of pyridine rings is 2. The van der Waals surface area contributed by atoms with Gasteiger partial charge in [0.15, 0.2) is 5.78 Å². The van der Waals surface area contributed by atoms with E-state index in [9.17, 15) is 4.79 Å². The number of hydrogen-bond donors (Lipinski definition) is 0. The number of allylic oxidation sites excluding steroid dienone is 1. The number of carbonyl (C=O) groups excluding carboxylic acids is 1. The summed E-state index contributed by atoms with van der Waals surface area (Å²) < 4.78 is 0. The van der Waals surface area contributed by atoms with E-state index in [1.54, 1.807) is 24.7 Å². The van der Waals surface area contributed by atoms with Crippen LogP contribution in [0.15, 0.2) is 60.0 Å². The van der Waals surface area contributed by atoms with Crippen LogP contribution in [0.1, 0.15) is 12.1 Å². The molecule has 1 aliphatic rings. The molecule has 4 heteroatoms. The highest BCUT2D eigenvalue weighted by molar-refractivity contribution is 6.47. The van der Waals surface area contributed by atoms with E-state index in [1.165, 1.54) is 0 Å². The third kappa shape index (κ3) is 2.20. The first kappa shape index (κ1) is 11.5.